The number of thiazole rings is 1. The number of amides is 1. The standard InChI is InChI=1S/C16H16N2O4S/c1-3-22-12(19)9-18(2)16(21)13-15(23-10-17-13)14(20)11-7-5-4-6-8-11/h4-8,10H,3,9H2,1-2H3. The fourth-order valence-electron chi connectivity index (χ4n) is 1.93. The molecule has 1 heterocycles. The number of hydrogen-bond acceptors (Lipinski definition) is 6. The van der Waals surface area contributed by atoms with Crippen LogP contribution in [-0.2, 0) is 9.53 Å². The lowest BCUT2D eigenvalue weighted by atomic mass is 10.1. The molecule has 23 heavy (non-hydrogen) atoms. The highest BCUT2D eigenvalue weighted by Gasteiger charge is 2.25. The number of aromatic nitrogens is 1. The van der Waals surface area contributed by atoms with Gasteiger partial charge in [-0.2, -0.15) is 0 Å². The molecule has 2 aromatic rings. The third kappa shape index (κ3) is 4.01. The number of likely N-dealkylation sites (N-methyl/N-ethyl adjacent to an activating group) is 1. The van der Waals surface area contributed by atoms with Crippen LogP contribution in [0.15, 0.2) is 35.8 Å². The van der Waals surface area contributed by atoms with E-state index in [9.17, 15) is 14.4 Å². The lowest BCUT2D eigenvalue weighted by Gasteiger charge is -2.15. The van der Waals surface area contributed by atoms with E-state index < -0.39 is 11.9 Å². The minimum Gasteiger partial charge on any atom is -0.465 e. The minimum absolute atomic E-state index is 0.0515. The van der Waals surface area contributed by atoms with Gasteiger partial charge in [-0.05, 0) is 6.92 Å². The summed E-state index contributed by atoms with van der Waals surface area (Å²) in [6.07, 6.45) is 0. The maximum Gasteiger partial charge on any atom is 0.325 e. The van der Waals surface area contributed by atoms with Gasteiger partial charge in [0.05, 0.1) is 12.1 Å². The van der Waals surface area contributed by atoms with Crippen LogP contribution in [0.1, 0.15) is 32.6 Å². The number of esters is 1. The van der Waals surface area contributed by atoms with Crippen molar-refractivity contribution in [1.82, 2.24) is 9.88 Å². The van der Waals surface area contributed by atoms with Crippen molar-refractivity contribution >= 4 is 29.0 Å². The zero-order valence-electron chi connectivity index (χ0n) is 12.8. The van der Waals surface area contributed by atoms with Gasteiger partial charge in [0.15, 0.2) is 5.69 Å². The van der Waals surface area contributed by atoms with Gasteiger partial charge >= 0.3 is 5.97 Å². The van der Waals surface area contributed by atoms with Gasteiger partial charge < -0.3 is 9.64 Å². The van der Waals surface area contributed by atoms with Crippen LogP contribution in [-0.4, -0.2) is 47.7 Å². The monoisotopic (exact) mass is 332 g/mol. The summed E-state index contributed by atoms with van der Waals surface area (Å²) >= 11 is 1.10. The average molecular weight is 332 g/mol. The highest BCUT2D eigenvalue weighted by molar-refractivity contribution is 7.12. The number of nitrogens with zero attached hydrogens (tertiary/aromatic N) is 2. The van der Waals surface area contributed by atoms with Crippen molar-refractivity contribution in [3.8, 4) is 0 Å². The lowest BCUT2D eigenvalue weighted by Crippen LogP contribution is -2.34. The Morgan fingerprint density at radius 2 is 1.91 bits per heavy atom. The number of carbonyl (C=O) groups excluding carboxylic acids is 3. The summed E-state index contributed by atoms with van der Waals surface area (Å²) in [4.78, 5) is 41.8. The van der Waals surface area contributed by atoms with Crippen LogP contribution >= 0.6 is 11.3 Å². The lowest BCUT2D eigenvalue weighted by molar-refractivity contribution is -0.143. The van der Waals surface area contributed by atoms with E-state index in [2.05, 4.69) is 4.98 Å². The second-order valence-corrected chi connectivity index (χ2v) is 5.55. The van der Waals surface area contributed by atoms with Crippen molar-refractivity contribution in [2.24, 2.45) is 0 Å². The second kappa shape index (κ2) is 7.64. The predicted molar refractivity (Wildman–Crippen MR) is 85.6 cm³/mol. The van der Waals surface area contributed by atoms with Crippen LogP contribution < -0.4 is 0 Å². The van der Waals surface area contributed by atoms with E-state index in [1.165, 1.54) is 17.5 Å². The van der Waals surface area contributed by atoms with Gasteiger partial charge in [-0.25, -0.2) is 4.98 Å². The molecule has 7 heteroatoms. The molecule has 0 saturated carbocycles. The number of ketones is 1. The van der Waals surface area contributed by atoms with Gasteiger partial charge in [-0.3, -0.25) is 14.4 Å². The maximum absolute atomic E-state index is 12.5. The first-order chi connectivity index (χ1) is 11.0. The molecule has 0 atom stereocenters. The fourth-order valence-corrected chi connectivity index (χ4v) is 2.67. The van der Waals surface area contributed by atoms with Crippen LogP contribution in [0.3, 0.4) is 0 Å². The molecular formula is C16H16N2O4S. The number of rotatable bonds is 6. The first-order valence-corrected chi connectivity index (χ1v) is 7.86. The summed E-state index contributed by atoms with van der Waals surface area (Å²) in [5.74, 6) is -1.26. The molecular weight excluding hydrogens is 316 g/mol. The summed E-state index contributed by atoms with van der Waals surface area (Å²) in [5.41, 5.74) is 1.98. The Kier molecular flexibility index (Phi) is 5.59. The maximum atomic E-state index is 12.5. The van der Waals surface area contributed by atoms with Crippen LogP contribution in [0.25, 0.3) is 0 Å². The van der Waals surface area contributed by atoms with E-state index in [0.717, 1.165) is 11.3 Å². The van der Waals surface area contributed by atoms with Crippen LogP contribution in [0.2, 0.25) is 0 Å². The molecule has 2 rings (SSSR count). The number of ether oxygens (including phenoxy) is 1. The molecule has 0 saturated heterocycles. The van der Waals surface area contributed by atoms with Crippen molar-refractivity contribution in [2.75, 3.05) is 20.2 Å². The van der Waals surface area contributed by atoms with Crippen molar-refractivity contribution < 1.29 is 19.1 Å². The van der Waals surface area contributed by atoms with E-state index in [0.29, 0.717) is 5.56 Å². The first-order valence-electron chi connectivity index (χ1n) is 6.99. The topological polar surface area (TPSA) is 76.6 Å². The van der Waals surface area contributed by atoms with Gasteiger partial charge in [-0.1, -0.05) is 30.3 Å². The average Bonchev–Trinajstić information content (AvgIpc) is 3.03. The molecule has 1 aromatic carbocycles. The summed E-state index contributed by atoms with van der Waals surface area (Å²) in [6, 6.07) is 8.67. The van der Waals surface area contributed by atoms with Gasteiger partial charge in [0, 0.05) is 12.6 Å². The Labute approximate surface area is 137 Å². The summed E-state index contributed by atoms with van der Waals surface area (Å²) in [7, 11) is 1.47. The molecule has 0 spiro atoms. The zero-order chi connectivity index (χ0) is 16.8. The van der Waals surface area contributed by atoms with Gasteiger partial charge in [0.1, 0.15) is 11.4 Å². The smallest absolute Gasteiger partial charge is 0.325 e. The highest BCUT2D eigenvalue weighted by atomic mass is 32.1. The zero-order valence-corrected chi connectivity index (χ0v) is 13.6. The van der Waals surface area contributed by atoms with Crippen molar-refractivity contribution in [3.63, 3.8) is 0 Å². The molecule has 6 nitrogen and oxygen atoms in total. The molecule has 0 N–H and O–H groups in total. The van der Waals surface area contributed by atoms with Crippen molar-refractivity contribution in [1.29, 1.82) is 0 Å². The largest absolute Gasteiger partial charge is 0.465 e. The summed E-state index contributed by atoms with van der Waals surface area (Å²) in [5, 5.41) is 0. The van der Waals surface area contributed by atoms with E-state index in [1.54, 1.807) is 31.2 Å². The normalized spacial score (nSPS) is 10.2. The Morgan fingerprint density at radius 3 is 2.57 bits per heavy atom. The van der Waals surface area contributed by atoms with Crippen molar-refractivity contribution in [3.05, 3.63) is 52.0 Å². The molecule has 0 fully saturated rings. The Hall–Kier alpha value is -2.54. The van der Waals surface area contributed by atoms with E-state index in [1.807, 2.05) is 6.07 Å². The molecule has 120 valence electrons. The molecule has 0 aliphatic rings. The second-order valence-electron chi connectivity index (χ2n) is 4.69. The minimum atomic E-state index is -0.505. The Bertz CT molecular complexity index is 712. The first kappa shape index (κ1) is 16.8. The van der Waals surface area contributed by atoms with Gasteiger partial charge in [0.2, 0.25) is 5.78 Å². The highest BCUT2D eigenvalue weighted by Crippen LogP contribution is 2.19. The molecule has 1 aromatic heterocycles. The van der Waals surface area contributed by atoms with Gasteiger partial charge in [-0.15, -0.1) is 11.3 Å². The summed E-state index contributed by atoms with van der Waals surface area (Å²) in [6.45, 7) is 1.75. The van der Waals surface area contributed by atoms with Gasteiger partial charge in [0.25, 0.3) is 5.91 Å². The molecule has 1 amide bonds. The Balaban J connectivity index is 2.19. The third-order valence-corrected chi connectivity index (χ3v) is 3.86. The molecule has 0 bridgehead atoms. The van der Waals surface area contributed by atoms with E-state index >= 15 is 0 Å². The third-order valence-electron chi connectivity index (χ3n) is 3.03. The predicted octanol–water partition coefficient (Wildman–Crippen LogP) is 2.01. The van der Waals surface area contributed by atoms with Crippen molar-refractivity contribution in [2.45, 2.75) is 6.92 Å². The van der Waals surface area contributed by atoms with Crippen LogP contribution in [0.4, 0.5) is 0 Å². The quantitative estimate of drug-likeness (QED) is 0.597. The molecule has 0 aliphatic heterocycles. The molecule has 0 aliphatic carbocycles. The SMILES string of the molecule is CCOC(=O)CN(C)C(=O)c1ncsc1C(=O)c1ccccc1. The van der Waals surface area contributed by atoms with E-state index in [-0.39, 0.29) is 29.5 Å². The summed E-state index contributed by atoms with van der Waals surface area (Å²) < 4.78 is 4.81. The van der Waals surface area contributed by atoms with Crippen LogP contribution in [0.5, 0.6) is 0 Å². The number of carbonyl (C=O) groups is 3. The number of hydrogen-bond donors (Lipinski definition) is 0. The molecule has 0 radical (unpaired) electrons. The van der Waals surface area contributed by atoms with Crippen LogP contribution in [0, 0.1) is 0 Å². The Morgan fingerprint density at radius 1 is 1.22 bits per heavy atom. The fraction of sp³-hybridized carbons (Fsp3) is 0.250. The number of benzene rings is 1. The van der Waals surface area contributed by atoms with E-state index in [4.69, 9.17) is 4.74 Å². The molecule has 0 unspecified atom stereocenters.